The number of nitrogens with one attached hydrogen (secondary N) is 1. The minimum absolute atomic E-state index is 0.226. The smallest absolute Gasteiger partial charge is 0.261 e. The van der Waals surface area contributed by atoms with E-state index in [2.05, 4.69) is 12.2 Å². The van der Waals surface area contributed by atoms with Gasteiger partial charge in [0.05, 0.1) is 10.6 Å². The molecule has 0 aliphatic heterocycles. The number of hydrogen-bond acceptors (Lipinski definition) is 3. The van der Waals surface area contributed by atoms with Gasteiger partial charge in [0, 0.05) is 17.2 Å². The lowest BCUT2D eigenvalue weighted by atomic mass is 10.2. The summed E-state index contributed by atoms with van der Waals surface area (Å²) < 4.78 is 35.5. The summed E-state index contributed by atoms with van der Waals surface area (Å²) in [6.07, 6.45) is 3.11. The van der Waals surface area contributed by atoms with Crippen LogP contribution in [-0.2, 0) is 9.05 Å². The van der Waals surface area contributed by atoms with E-state index in [1.165, 1.54) is 12.1 Å². The van der Waals surface area contributed by atoms with E-state index in [0.717, 1.165) is 25.3 Å². The lowest BCUT2D eigenvalue weighted by molar-refractivity contribution is 0.603. The molecule has 0 atom stereocenters. The fourth-order valence-electron chi connectivity index (χ4n) is 1.39. The van der Waals surface area contributed by atoms with Crippen molar-refractivity contribution in [1.82, 2.24) is 0 Å². The minimum atomic E-state index is -3.87. The van der Waals surface area contributed by atoms with Gasteiger partial charge in [0.2, 0.25) is 0 Å². The molecule has 3 nitrogen and oxygen atoms in total. The molecule has 0 bridgehead atoms. The zero-order valence-corrected chi connectivity index (χ0v) is 11.1. The van der Waals surface area contributed by atoms with Crippen LogP contribution in [-0.4, -0.2) is 15.0 Å². The van der Waals surface area contributed by atoms with E-state index in [9.17, 15) is 12.8 Å². The van der Waals surface area contributed by atoms with Crippen molar-refractivity contribution < 1.29 is 12.8 Å². The largest absolute Gasteiger partial charge is 0.383 e. The van der Waals surface area contributed by atoms with Crippen LogP contribution in [0.2, 0.25) is 0 Å². The number of hydrogen-bond donors (Lipinski definition) is 1. The zero-order valence-electron chi connectivity index (χ0n) is 9.54. The molecule has 17 heavy (non-hydrogen) atoms. The summed E-state index contributed by atoms with van der Waals surface area (Å²) in [6, 6.07) is 3.59. The van der Waals surface area contributed by atoms with Gasteiger partial charge in [-0.15, -0.1) is 0 Å². The number of anilines is 1. The summed E-state index contributed by atoms with van der Waals surface area (Å²) in [4.78, 5) is -0.226. The molecule has 0 radical (unpaired) electrons. The van der Waals surface area contributed by atoms with Crippen LogP contribution in [0, 0.1) is 5.82 Å². The van der Waals surface area contributed by atoms with Crippen molar-refractivity contribution in [3.05, 3.63) is 24.0 Å². The number of halogens is 2. The average molecular weight is 280 g/mol. The molecule has 1 aromatic rings. The van der Waals surface area contributed by atoms with Crippen LogP contribution in [0.25, 0.3) is 0 Å². The van der Waals surface area contributed by atoms with E-state index in [1.807, 2.05) is 0 Å². The van der Waals surface area contributed by atoms with E-state index in [4.69, 9.17) is 10.7 Å². The van der Waals surface area contributed by atoms with E-state index >= 15 is 0 Å². The Morgan fingerprint density at radius 1 is 1.35 bits per heavy atom. The van der Waals surface area contributed by atoms with Crippen molar-refractivity contribution >= 4 is 25.4 Å². The fourth-order valence-corrected chi connectivity index (χ4v) is 2.15. The molecule has 1 N–H and O–H groups in total. The van der Waals surface area contributed by atoms with E-state index in [-0.39, 0.29) is 4.90 Å². The highest BCUT2D eigenvalue weighted by Crippen LogP contribution is 2.21. The molecule has 0 fully saturated rings. The normalized spacial score (nSPS) is 11.5. The molecule has 1 rings (SSSR count). The average Bonchev–Trinajstić information content (AvgIpc) is 2.24. The maximum atomic E-state index is 13.5. The van der Waals surface area contributed by atoms with Crippen LogP contribution in [0.3, 0.4) is 0 Å². The summed E-state index contributed by atoms with van der Waals surface area (Å²) in [5, 5.41) is 2.91. The molecule has 0 aromatic heterocycles. The van der Waals surface area contributed by atoms with Crippen molar-refractivity contribution in [2.75, 3.05) is 11.9 Å². The van der Waals surface area contributed by atoms with Crippen LogP contribution < -0.4 is 5.32 Å². The lowest BCUT2D eigenvalue weighted by Crippen LogP contribution is -2.04. The third-order valence-corrected chi connectivity index (χ3v) is 3.67. The molecule has 1 aromatic carbocycles. The second-order valence-corrected chi connectivity index (χ2v) is 6.28. The summed E-state index contributed by atoms with van der Waals surface area (Å²) in [6.45, 7) is 2.75. The predicted molar refractivity (Wildman–Crippen MR) is 67.5 cm³/mol. The Morgan fingerprint density at radius 3 is 2.59 bits per heavy atom. The van der Waals surface area contributed by atoms with Crippen LogP contribution in [0.4, 0.5) is 10.1 Å². The molecule has 96 valence electrons. The van der Waals surface area contributed by atoms with Gasteiger partial charge < -0.3 is 5.32 Å². The van der Waals surface area contributed by atoms with Crippen LogP contribution in [0.1, 0.15) is 26.2 Å². The first-order chi connectivity index (χ1) is 7.95. The van der Waals surface area contributed by atoms with Gasteiger partial charge in [0.15, 0.2) is 0 Å². The highest BCUT2D eigenvalue weighted by molar-refractivity contribution is 8.13. The van der Waals surface area contributed by atoms with Crippen molar-refractivity contribution in [3.63, 3.8) is 0 Å². The topological polar surface area (TPSA) is 46.2 Å². The maximum absolute atomic E-state index is 13.5. The molecule has 0 saturated heterocycles. The highest BCUT2D eigenvalue weighted by atomic mass is 35.7. The van der Waals surface area contributed by atoms with Gasteiger partial charge in [-0.2, -0.15) is 0 Å². The molecule has 0 saturated carbocycles. The van der Waals surface area contributed by atoms with Gasteiger partial charge in [-0.05, 0) is 24.6 Å². The van der Waals surface area contributed by atoms with Crippen molar-refractivity contribution in [2.45, 2.75) is 31.1 Å². The lowest BCUT2D eigenvalue weighted by Gasteiger charge is -2.07. The second-order valence-electron chi connectivity index (χ2n) is 3.71. The maximum Gasteiger partial charge on any atom is 0.261 e. The van der Waals surface area contributed by atoms with E-state index < -0.39 is 14.9 Å². The third kappa shape index (κ3) is 4.52. The number of benzene rings is 1. The first-order valence-corrected chi connectivity index (χ1v) is 7.74. The Balaban J connectivity index is 2.70. The van der Waals surface area contributed by atoms with Gasteiger partial charge in [0.25, 0.3) is 9.05 Å². The van der Waals surface area contributed by atoms with Crippen LogP contribution in [0.5, 0.6) is 0 Å². The Labute approximate surface area is 105 Å². The molecule has 0 heterocycles. The summed E-state index contributed by atoms with van der Waals surface area (Å²) >= 11 is 0. The van der Waals surface area contributed by atoms with Crippen molar-refractivity contribution in [2.24, 2.45) is 0 Å². The Bertz CT molecular complexity index is 476. The standard InChI is InChI=1S/C11H15ClFNO2S/c1-2-3-4-7-14-11-6-5-9(8-10(11)13)17(12,15)16/h5-6,8,14H,2-4,7H2,1H3. The summed E-state index contributed by atoms with van der Waals surface area (Å²) in [5.41, 5.74) is 0.296. The summed E-state index contributed by atoms with van der Waals surface area (Å²) in [5.74, 6) is -0.608. The second kappa shape index (κ2) is 6.21. The molecular formula is C11H15ClFNO2S. The van der Waals surface area contributed by atoms with E-state index in [0.29, 0.717) is 12.2 Å². The molecule has 0 unspecified atom stereocenters. The quantitative estimate of drug-likeness (QED) is 0.642. The first kappa shape index (κ1) is 14.3. The highest BCUT2D eigenvalue weighted by Gasteiger charge is 2.12. The molecule has 0 spiro atoms. The van der Waals surface area contributed by atoms with Gasteiger partial charge in [-0.25, -0.2) is 12.8 Å². The van der Waals surface area contributed by atoms with E-state index in [1.54, 1.807) is 0 Å². The van der Waals surface area contributed by atoms with Crippen LogP contribution in [0.15, 0.2) is 23.1 Å². The monoisotopic (exact) mass is 279 g/mol. The fraction of sp³-hybridized carbons (Fsp3) is 0.455. The van der Waals surface area contributed by atoms with Crippen LogP contribution >= 0.6 is 10.7 Å². The van der Waals surface area contributed by atoms with Gasteiger partial charge in [-0.3, -0.25) is 0 Å². The van der Waals surface area contributed by atoms with Crippen molar-refractivity contribution in [3.8, 4) is 0 Å². The molecule has 0 amide bonds. The first-order valence-electron chi connectivity index (χ1n) is 5.43. The molecular weight excluding hydrogens is 265 g/mol. The molecule has 6 heteroatoms. The van der Waals surface area contributed by atoms with Crippen molar-refractivity contribution in [1.29, 1.82) is 0 Å². The Morgan fingerprint density at radius 2 is 2.06 bits per heavy atom. The Hall–Kier alpha value is -0.810. The number of rotatable bonds is 6. The van der Waals surface area contributed by atoms with Gasteiger partial charge >= 0.3 is 0 Å². The molecule has 0 aliphatic rings. The van der Waals surface area contributed by atoms with Gasteiger partial charge in [-0.1, -0.05) is 19.8 Å². The SMILES string of the molecule is CCCCCNc1ccc(S(=O)(=O)Cl)cc1F. The Kier molecular flexibility index (Phi) is 5.21. The minimum Gasteiger partial charge on any atom is -0.383 e. The predicted octanol–water partition coefficient (Wildman–Crippen LogP) is 3.36. The molecule has 0 aliphatic carbocycles. The van der Waals surface area contributed by atoms with Gasteiger partial charge in [0.1, 0.15) is 5.82 Å². The zero-order chi connectivity index (χ0) is 12.9. The number of unbranched alkanes of at least 4 members (excludes halogenated alkanes) is 2. The third-order valence-electron chi connectivity index (χ3n) is 2.32. The summed E-state index contributed by atoms with van der Waals surface area (Å²) in [7, 11) is 1.25.